The van der Waals surface area contributed by atoms with Gasteiger partial charge in [0.15, 0.2) is 0 Å². The molecule has 0 spiro atoms. The molecule has 2 aromatic rings. The van der Waals surface area contributed by atoms with E-state index in [1.54, 1.807) is 19.2 Å². The lowest BCUT2D eigenvalue weighted by molar-refractivity contribution is -0.122. The van der Waals surface area contributed by atoms with Crippen molar-refractivity contribution in [3.05, 3.63) is 56.2 Å². The van der Waals surface area contributed by atoms with Crippen LogP contribution in [0.1, 0.15) is 27.7 Å². The number of rotatable bonds is 5. The molecule has 1 saturated heterocycles. The van der Waals surface area contributed by atoms with Crippen LogP contribution in [-0.4, -0.2) is 36.5 Å². The number of halogens is 2. The Bertz CT molecular complexity index is 780. The summed E-state index contributed by atoms with van der Waals surface area (Å²) in [5, 5.41) is 5.83. The SMILES string of the molecule is CN(CC(=O)NC1CC(c2cc(Cl)cc(Cl)c2)NN1)C(=O)c1cccs1. The van der Waals surface area contributed by atoms with Crippen molar-refractivity contribution in [2.75, 3.05) is 13.6 Å². The quantitative estimate of drug-likeness (QED) is 0.705. The Hall–Kier alpha value is -1.64. The summed E-state index contributed by atoms with van der Waals surface area (Å²) in [4.78, 5) is 26.4. The molecule has 6 nitrogen and oxygen atoms in total. The van der Waals surface area contributed by atoms with Crippen molar-refractivity contribution in [2.45, 2.75) is 18.6 Å². The minimum Gasteiger partial charge on any atom is -0.338 e. The fourth-order valence-electron chi connectivity index (χ4n) is 2.76. The van der Waals surface area contributed by atoms with Gasteiger partial charge in [-0.3, -0.25) is 9.59 Å². The number of carbonyl (C=O) groups is 2. The molecule has 26 heavy (non-hydrogen) atoms. The van der Waals surface area contributed by atoms with Gasteiger partial charge >= 0.3 is 0 Å². The van der Waals surface area contributed by atoms with Gasteiger partial charge in [0.1, 0.15) is 0 Å². The lowest BCUT2D eigenvalue weighted by Crippen LogP contribution is -2.47. The monoisotopic (exact) mass is 412 g/mol. The molecule has 3 N–H and O–H groups in total. The van der Waals surface area contributed by atoms with Crippen molar-refractivity contribution in [3.8, 4) is 0 Å². The number of hydrogen-bond acceptors (Lipinski definition) is 5. The molecule has 0 aliphatic carbocycles. The van der Waals surface area contributed by atoms with Gasteiger partial charge in [0, 0.05) is 29.6 Å². The Labute approximate surface area is 165 Å². The summed E-state index contributed by atoms with van der Waals surface area (Å²) in [6, 6.07) is 8.87. The lowest BCUT2D eigenvalue weighted by atomic mass is 10.0. The molecule has 2 atom stereocenters. The molecule has 0 radical (unpaired) electrons. The predicted molar refractivity (Wildman–Crippen MR) is 103 cm³/mol. The summed E-state index contributed by atoms with van der Waals surface area (Å²) in [5.74, 6) is -0.402. The summed E-state index contributed by atoms with van der Waals surface area (Å²) in [7, 11) is 1.61. The molecule has 2 heterocycles. The first-order valence-corrected chi connectivity index (χ1v) is 9.61. The molecule has 1 aromatic heterocycles. The van der Waals surface area contributed by atoms with Crippen molar-refractivity contribution in [1.82, 2.24) is 21.1 Å². The van der Waals surface area contributed by atoms with E-state index < -0.39 is 0 Å². The van der Waals surface area contributed by atoms with E-state index in [2.05, 4.69) is 16.2 Å². The molecule has 0 saturated carbocycles. The number of likely N-dealkylation sites (N-methyl/N-ethyl adjacent to an activating group) is 1. The van der Waals surface area contributed by atoms with E-state index in [0.29, 0.717) is 21.3 Å². The number of benzene rings is 1. The molecule has 9 heteroatoms. The average molecular weight is 413 g/mol. The van der Waals surface area contributed by atoms with Crippen LogP contribution in [0.5, 0.6) is 0 Å². The molecule has 3 rings (SSSR count). The number of carbonyl (C=O) groups excluding carboxylic acids is 2. The van der Waals surface area contributed by atoms with Crippen molar-refractivity contribution < 1.29 is 9.59 Å². The fourth-order valence-corrected chi connectivity index (χ4v) is 4.02. The highest BCUT2D eigenvalue weighted by molar-refractivity contribution is 7.12. The lowest BCUT2D eigenvalue weighted by Gasteiger charge is -2.18. The number of thiophene rings is 1. The average Bonchev–Trinajstić information content (AvgIpc) is 3.24. The highest BCUT2D eigenvalue weighted by Crippen LogP contribution is 2.27. The summed E-state index contributed by atoms with van der Waals surface area (Å²) in [6.45, 7) is -0.0113. The van der Waals surface area contributed by atoms with Crippen molar-refractivity contribution in [1.29, 1.82) is 0 Å². The van der Waals surface area contributed by atoms with Crippen molar-refractivity contribution in [3.63, 3.8) is 0 Å². The third-order valence-electron chi connectivity index (χ3n) is 3.99. The van der Waals surface area contributed by atoms with Crippen LogP contribution in [0, 0.1) is 0 Å². The van der Waals surface area contributed by atoms with Gasteiger partial charge in [-0.15, -0.1) is 11.3 Å². The Kier molecular flexibility index (Phi) is 6.16. The van der Waals surface area contributed by atoms with Crippen molar-refractivity contribution >= 4 is 46.4 Å². The molecule has 138 valence electrons. The number of hydrazine groups is 1. The van der Waals surface area contributed by atoms with Gasteiger partial charge in [-0.2, -0.15) is 0 Å². The Morgan fingerprint density at radius 2 is 2.00 bits per heavy atom. The van der Waals surface area contributed by atoms with Crippen LogP contribution in [0.4, 0.5) is 0 Å². The maximum Gasteiger partial charge on any atom is 0.264 e. The van der Waals surface area contributed by atoms with Crippen LogP contribution in [0.2, 0.25) is 10.0 Å². The predicted octanol–water partition coefficient (Wildman–Crippen LogP) is 2.81. The number of hydrogen-bond donors (Lipinski definition) is 3. The number of amides is 2. The van der Waals surface area contributed by atoms with Gasteiger partial charge in [0.25, 0.3) is 5.91 Å². The van der Waals surface area contributed by atoms with E-state index >= 15 is 0 Å². The Morgan fingerprint density at radius 1 is 1.27 bits per heavy atom. The second-order valence-corrected chi connectivity index (χ2v) is 7.86. The number of nitrogens with zero attached hydrogens (tertiary/aromatic N) is 1. The van der Waals surface area contributed by atoms with Crippen LogP contribution in [-0.2, 0) is 4.79 Å². The summed E-state index contributed by atoms with van der Waals surface area (Å²) >= 11 is 13.4. The highest BCUT2D eigenvalue weighted by Gasteiger charge is 2.27. The Balaban J connectivity index is 1.52. The van der Waals surface area contributed by atoms with E-state index in [9.17, 15) is 9.59 Å². The standard InChI is InChI=1S/C17H18Cl2N4O2S/c1-23(17(25)14-3-2-4-26-14)9-16(24)20-15-8-13(21-22-15)10-5-11(18)7-12(19)6-10/h2-7,13,15,21-22H,8-9H2,1H3,(H,20,24). The summed E-state index contributed by atoms with van der Waals surface area (Å²) in [6.07, 6.45) is 0.376. The highest BCUT2D eigenvalue weighted by atomic mass is 35.5. The normalized spacial score (nSPS) is 19.3. The molecule has 2 unspecified atom stereocenters. The maximum absolute atomic E-state index is 12.2. The minimum absolute atomic E-state index is 0.0113. The van der Waals surface area contributed by atoms with Gasteiger partial charge in [0.2, 0.25) is 5.91 Å². The van der Waals surface area contributed by atoms with Gasteiger partial charge < -0.3 is 10.2 Å². The fraction of sp³-hybridized carbons (Fsp3) is 0.294. The van der Waals surface area contributed by atoms with E-state index in [4.69, 9.17) is 23.2 Å². The summed E-state index contributed by atoms with van der Waals surface area (Å²) < 4.78 is 0. The molecule has 0 bridgehead atoms. The number of nitrogens with one attached hydrogen (secondary N) is 3. The third-order valence-corrected chi connectivity index (χ3v) is 5.28. The van der Waals surface area contributed by atoms with Crippen molar-refractivity contribution in [2.24, 2.45) is 0 Å². The smallest absolute Gasteiger partial charge is 0.264 e. The minimum atomic E-state index is -0.254. The van der Waals surface area contributed by atoms with Gasteiger partial charge in [-0.25, -0.2) is 10.9 Å². The second-order valence-electron chi connectivity index (χ2n) is 6.04. The van der Waals surface area contributed by atoms with E-state index in [-0.39, 0.29) is 30.6 Å². The zero-order valence-electron chi connectivity index (χ0n) is 14.0. The molecular weight excluding hydrogens is 395 g/mol. The van der Waals surface area contributed by atoms with Crippen LogP contribution in [0.25, 0.3) is 0 Å². The Morgan fingerprint density at radius 3 is 2.65 bits per heavy atom. The first-order chi connectivity index (χ1) is 12.4. The maximum atomic E-state index is 12.2. The molecule has 1 aliphatic rings. The topological polar surface area (TPSA) is 73.5 Å². The van der Waals surface area contributed by atoms with Crippen LogP contribution in [0.15, 0.2) is 35.7 Å². The van der Waals surface area contributed by atoms with Crippen LogP contribution in [0.3, 0.4) is 0 Å². The van der Waals surface area contributed by atoms with Gasteiger partial charge in [-0.05, 0) is 35.2 Å². The second kappa shape index (κ2) is 8.37. The van der Waals surface area contributed by atoms with Crippen LogP contribution >= 0.6 is 34.5 Å². The molecule has 1 aliphatic heterocycles. The molecule has 1 aromatic carbocycles. The van der Waals surface area contributed by atoms with Crippen LogP contribution < -0.4 is 16.2 Å². The van der Waals surface area contributed by atoms with E-state index in [0.717, 1.165) is 5.56 Å². The zero-order valence-corrected chi connectivity index (χ0v) is 16.3. The van der Waals surface area contributed by atoms with E-state index in [1.165, 1.54) is 16.2 Å². The zero-order chi connectivity index (χ0) is 18.7. The largest absolute Gasteiger partial charge is 0.338 e. The van der Waals surface area contributed by atoms with Gasteiger partial charge in [-0.1, -0.05) is 29.3 Å². The van der Waals surface area contributed by atoms with E-state index in [1.807, 2.05) is 23.6 Å². The molecule has 1 fully saturated rings. The third kappa shape index (κ3) is 4.75. The molecular formula is C17H18Cl2N4O2S. The first kappa shape index (κ1) is 19.1. The van der Waals surface area contributed by atoms with Gasteiger partial charge in [0.05, 0.1) is 17.6 Å². The first-order valence-electron chi connectivity index (χ1n) is 7.98. The summed E-state index contributed by atoms with van der Waals surface area (Å²) in [5.41, 5.74) is 7.10. The molecule has 2 amide bonds.